The molecule has 0 bridgehead atoms. The molecule has 2 heterocycles. The zero-order valence-corrected chi connectivity index (χ0v) is 6.95. The molecule has 0 radical (unpaired) electrons. The molecule has 0 saturated heterocycles. The highest BCUT2D eigenvalue weighted by Gasteiger charge is 2.21. The van der Waals surface area contributed by atoms with Gasteiger partial charge in [-0.25, -0.2) is 18.8 Å². The van der Waals surface area contributed by atoms with E-state index in [9.17, 15) is 8.78 Å². The fourth-order valence-electron chi connectivity index (χ4n) is 1.50. The van der Waals surface area contributed by atoms with Crippen LogP contribution in [0.4, 0.5) is 8.78 Å². The third-order valence-corrected chi connectivity index (χ3v) is 2.14. The minimum atomic E-state index is -2.50. The van der Waals surface area contributed by atoms with E-state index < -0.39 is 6.43 Å². The van der Waals surface area contributed by atoms with Crippen LogP contribution in [0.3, 0.4) is 0 Å². The third-order valence-electron chi connectivity index (χ3n) is 2.14. The molecule has 2 N–H and O–H groups in total. The van der Waals surface area contributed by atoms with Crippen molar-refractivity contribution < 1.29 is 8.78 Å². The number of nitrogens with zero attached hydrogens (tertiary/aromatic N) is 3. The van der Waals surface area contributed by atoms with Gasteiger partial charge in [-0.15, -0.1) is 0 Å². The summed E-state index contributed by atoms with van der Waals surface area (Å²) in [4.78, 5) is 3.66. The van der Waals surface area contributed by atoms with E-state index >= 15 is 0 Å². The molecule has 13 heavy (non-hydrogen) atoms. The number of halogens is 2. The molecule has 1 aromatic heterocycles. The average molecular weight is 188 g/mol. The minimum Gasteiger partial charge on any atom is -0.325 e. The van der Waals surface area contributed by atoms with E-state index in [0.717, 1.165) is 5.69 Å². The summed E-state index contributed by atoms with van der Waals surface area (Å²) in [5.74, 6) is 5.39. The Morgan fingerprint density at radius 1 is 1.46 bits per heavy atom. The zero-order valence-electron chi connectivity index (χ0n) is 6.95. The fourth-order valence-corrected chi connectivity index (χ4v) is 1.50. The number of nitrogens with two attached hydrogens (primary N) is 1. The van der Waals surface area contributed by atoms with E-state index in [1.807, 2.05) is 0 Å². The molecule has 0 unspecified atom stereocenters. The molecular weight excluding hydrogens is 178 g/mol. The zero-order chi connectivity index (χ0) is 9.42. The van der Waals surface area contributed by atoms with Gasteiger partial charge in [-0.1, -0.05) is 0 Å². The molecule has 0 saturated carbocycles. The Morgan fingerprint density at radius 2 is 2.23 bits per heavy atom. The predicted octanol–water partition coefficient (Wildman–Crippen LogP) is 0.510. The highest BCUT2D eigenvalue weighted by molar-refractivity contribution is 5.08. The molecule has 0 fully saturated rings. The van der Waals surface area contributed by atoms with Crippen molar-refractivity contribution in [2.75, 3.05) is 6.54 Å². The minimum absolute atomic E-state index is 0.150. The maximum atomic E-state index is 12.4. The van der Waals surface area contributed by atoms with Crippen LogP contribution in [-0.2, 0) is 13.1 Å². The Morgan fingerprint density at radius 3 is 2.92 bits per heavy atom. The van der Waals surface area contributed by atoms with E-state index in [2.05, 4.69) is 4.98 Å². The number of hydrogen-bond donors (Lipinski definition) is 1. The summed E-state index contributed by atoms with van der Waals surface area (Å²) >= 11 is 0. The van der Waals surface area contributed by atoms with Crippen LogP contribution < -0.4 is 5.84 Å². The van der Waals surface area contributed by atoms with Crippen LogP contribution in [0.2, 0.25) is 0 Å². The number of alkyl halides is 2. The van der Waals surface area contributed by atoms with Crippen LogP contribution in [0.25, 0.3) is 0 Å². The van der Waals surface area contributed by atoms with Crippen LogP contribution in [-0.4, -0.2) is 21.1 Å². The Bertz CT molecular complexity index is 309. The Balaban J connectivity index is 2.33. The first-order valence-corrected chi connectivity index (χ1v) is 4.00. The maximum Gasteiger partial charge on any atom is 0.295 e. The lowest BCUT2D eigenvalue weighted by atomic mass is 10.3. The number of imidazole rings is 1. The Kier molecular flexibility index (Phi) is 2.01. The van der Waals surface area contributed by atoms with Gasteiger partial charge in [-0.05, 0) is 0 Å². The van der Waals surface area contributed by atoms with Gasteiger partial charge in [0.25, 0.3) is 6.43 Å². The van der Waals surface area contributed by atoms with Gasteiger partial charge in [0.15, 0.2) is 5.82 Å². The number of hydrogen-bond acceptors (Lipinski definition) is 3. The van der Waals surface area contributed by atoms with Gasteiger partial charge in [-0.3, -0.25) is 5.84 Å². The second kappa shape index (κ2) is 3.04. The van der Waals surface area contributed by atoms with Crippen molar-refractivity contribution in [3.8, 4) is 0 Å². The first-order chi connectivity index (χ1) is 6.18. The molecule has 0 aliphatic carbocycles. The number of aromatic nitrogens is 2. The monoisotopic (exact) mass is 188 g/mol. The second-order valence-electron chi connectivity index (χ2n) is 3.03. The number of hydrazine groups is 1. The lowest BCUT2D eigenvalue weighted by Gasteiger charge is -2.24. The summed E-state index contributed by atoms with van der Waals surface area (Å²) in [6, 6.07) is 0. The van der Waals surface area contributed by atoms with Crippen LogP contribution in [0, 0.1) is 0 Å². The van der Waals surface area contributed by atoms with E-state index in [1.165, 1.54) is 10.8 Å². The second-order valence-corrected chi connectivity index (χ2v) is 3.03. The molecule has 0 atom stereocenters. The molecule has 1 aromatic rings. The van der Waals surface area contributed by atoms with Gasteiger partial charge < -0.3 is 4.57 Å². The molecule has 0 aromatic carbocycles. The maximum absolute atomic E-state index is 12.4. The van der Waals surface area contributed by atoms with Crippen LogP contribution in [0.1, 0.15) is 17.9 Å². The van der Waals surface area contributed by atoms with Gasteiger partial charge in [0.2, 0.25) is 0 Å². The SMILES string of the molecule is NN1CCn2c(cnc2C(F)F)C1. The van der Waals surface area contributed by atoms with Crippen molar-refractivity contribution in [1.82, 2.24) is 14.6 Å². The first kappa shape index (κ1) is 8.58. The Hall–Kier alpha value is -1.01. The Labute approximate surface area is 73.9 Å². The summed E-state index contributed by atoms with van der Waals surface area (Å²) in [6.07, 6.45) is -1.04. The van der Waals surface area contributed by atoms with Gasteiger partial charge in [-0.2, -0.15) is 0 Å². The normalized spacial score (nSPS) is 17.8. The molecule has 1 aliphatic heterocycles. The number of rotatable bonds is 1. The molecular formula is C7H10F2N4. The van der Waals surface area contributed by atoms with Crippen molar-refractivity contribution >= 4 is 0 Å². The lowest BCUT2D eigenvalue weighted by molar-refractivity contribution is 0.129. The predicted molar refractivity (Wildman–Crippen MR) is 41.8 cm³/mol. The summed E-state index contributed by atoms with van der Waals surface area (Å²) < 4.78 is 26.3. The van der Waals surface area contributed by atoms with Gasteiger partial charge in [0, 0.05) is 13.1 Å². The molecule has 0 spiro atoms. The van der Waals surface area contributed by atoms with Crippen molar-refractivity contribution in [1.29, 1.82) is 0 Å². The third kappa shape index (κ3) is 1.42. The van der Waals surface area contributed by atoms with Gasteiger partial charge in [0.1, 0.15) is 0 Å². The molecule has 4 nitrogen and oxygen atoms in total. The smallest absolute Gasteiger partial charge is 0.295 e. The van der Waals surface area contributed by atoms with Crippen molar-refractivity contribution in [2.24, 2.45) is 5.84 Å². The quantitative estimate of drug-likeness (QED) is 0.653. The van der Waals surface area contributed by atoms with Gasteiger partial charge >= 0.3 is 0 Å². The summed E-state index contributed by atoms with van der Waals surface area (Å²) in [7, 11) is 0. The summed E-state index contributed by atoms with van der Waals surface area (Å²) in [5, 5.41) is 1.59. The molecule has 6 heteroatoms. The number of fused-ring (bicyclic) bond motifs is 1. The molecule has 2 rings (SSSR count). The topological polar surface area (TPSA) is 47.1 Å². The lowest BCUT2D eigenvalue weighted by Crippen LogP contribution is -2.38. The van der Waals surface area contributed by atoms with E-state index in [0.29, 0.717) is 19.6 Å². The van der Waals surface area contributed by atoms with Gasteiger partial charge in [0.05, 0.1) is 18.4 Å². The van der Waals surface area contributed by atoms with E-state index in [4.69, 9.17) is 5.84 Å². The van der Waals surface area contributed by atoms with Crippen molar-refractivity contribution in [3.63, 3.8) is 0 Å². The fraction of sp³-hybridized carbons (Fsp3) is 0.571. The van der Waals surface area contributed by atoms with Crippen molar-refractivity contribution in [3.05, 3.63) is 17.7 Å². The van der Waals surface area contributed by atoms with Crippen LogP contribution in [0.5, 0.6) is 0 Å². The van der Waals surface area contributed by atoms with Crippen LogP contribution >= 0.6 is 0 Å². The largest absolute Gasteiger partial charge is 0.325 e. The molecule has 0 amide bonds. The van der Waals surface area contributed by atoms with Crippen molar-refractivity contribution in [2.45, 2.75) is 19.5 Å². The molecule has 72 valence electrons. The summed E-state index contributed by atoms with van der Waals surface area (Å²) in [6.45, 7) is 1.56. The summed E-state index contributed by atoms with van der Waals surface area (Å²) in [5.41, 5.74) is 0.754. The highest BCUT2D eigenvalue weighted by Crippen LogP contribution is 2.21. The average Bonchev–Trinajstić information content (AvgIpc) is 2.46. The van der Waals surface area contributed by atoms with E-state index in [1.54, 1.807) is 5.01 Å². The molecule has 1 aliphatic rings. The van der Waals surface area contributed by atoms with Crippen LogP contribution in [0.15, 0.2) is 6.20 Å². The standard InChI is InChI=1S/C7H10F2N4/c8-6(9)7-11-3-5-4-12(10)1-2-13(5)7/h3,6H,1-2,4,10H2. The first-order valence-electron chi connectivity index (χ1n) is 4.00. The highest BCUT2D eigenvalue weighted by atomic mass is 19.3. The van der Waals surface area contributed by atoms with E-state index in [-0.39, 0.29) is 5.82 Å².